The lowest BCUT2D eigenvalue weighted by Gasteiger charge is -2.07. The Hall–Kier alpha value is -2.66. The number of H-pyrrole nitrogens is 1. The summed E-state index contributed by atoms with van der Waals surface area (Å²) in [5.41, 5.74) is 2.26. The minimum absolute atomic E-state index is 0.129. The van der Waals surface area contributed by atoms with E-state index in [9.17, 15) is 9.59 Å². The molecule has 0 aliphatic rings. The Kier molecular flexibility index (Phi) is 4.39. The summed E-state index contributed by atoms with van der Waals surface area (Å²) in [7, 11) is 0. The molecule has 0 saturated carbocycles. The minimum atomic E-state index is -0.202. The molecule has 0 saturated heterocycles. The van der Waals surface area contributed by atoms with Crippen molar-refractivity contribution in [2.45, 2.75) is 13.3 Å². The highest BCUT2D eigenvalue weighted by Crippen LogP contribution is 2.20. The van der Waals surface area contributed by atoms with Crippen molar-refractivity contribution in [3.63, 3.8) is 0 Å². The second-order valence-electron chi connectivity index (χ2n) is 5.11. The molecule has 2 N–H and O–H groups in total. The van der Waals surface area contributed by atoms with Crippen LogP contribution in [0.4, 0.5) is 5.69 Å². The number of aromatic amines is 1. The van der Waals surface area contributed by atoms with Gasteiger partial charge in [-0.15, -0.1) is 11.3 Å². The summed E-state index contributed by atoms with van der Waals surface area (Å²) in [5.74, 6) is -0.202. The summed E-state index contributed by atoms with van der Waals surface area (Å²) in [6.45, 7) is 2.01. The molecule has 2 heterocycles. The first-order valence-corrected chi connectivity index (χ1v) is 8.22. The second kappa shape index (κ2) is 6.62. The number of anilines is 1. The Balaban J connectivity index is 1.83. The molecule has 116 valence electrons. The van der Waals surface area contributed by atoms with Crippen molar-refractivity contribution in [2.75, 3.05) is 5.32 Å². The van der Waals surface area contributed by atoms with Crippen LogP contribution in [0.25, 0.3) is 17.0 Å². The van der Waals surface area contributed by atoms with Gasteiger partial charge < -0.3 is 10.3 Å². The maximum absolute atomic E-state index is 12.0. The van der Waals surface area contributed by atoms with Crippen LogP contribution < -0.4 is 10.9 Å². The highest BCUT2D eigenvalue weighted by atomic mass is 32.1. The quantitative estimate of drug-likeness (QED) is 0.717. The van der Waals surface area contributed by atoms with E-state index in [1.165, 1.54) is 6.08 Å². The Bertz CT molecular complexity index is 924. The highest BCUT2D eigenvalue weighted by Gasteiger charge is 2.04. The molecule has 0 unspecified atom stereocenters. The lowest BCUT2D eigenvalue weighted by molar-refractivity contribution is -0.111. The molecule has 0 bridgehead atoms. The lowest BCUT2D eigenvalue weighted by atomic mass is 10.1. The zero-order valence-corrected chi connectivity index (χ0v) is 13.4. The number of aryl methyl sites for hydroxylation is 1. The maximum Gasteiger partial charge on any atom is 0.248 e. The van der Waals surface area contributed by atoms with Crippen molar-refractivity contribution in [1.82, 2.24) is 4.98 Å². The molecule has 0 radical (unpaired) electrons. The van der Waals surface area contributed by atoms with Gasteiger partial charge in [0, 0.05) is 28.1 Å². The number of hydrogen-bond acceptors (Lipinski definition) is 3. The number of carbonyl (C=O) groups is 1. The number of aromatic nitrogens is 1. The molecule has 0 spiro atoms. The first-order chi connectivity index (χ1) is 11.2. The number of benzene rings is 1. The average molecular weight is 324 g/mol. The van der Waals surface area contributed by atoms with Gasteiger partial charge in [-0.25, -0.2) is 0 Å². The number of hydrogen-bond donors (Lipinski definition) is 2. The molecule has 3 aromatic rings. The van der Waals surface area contributed by atoms with Crippen LogP contribution in [0.5, 0.6) is 0 Å². The van der Waals surface area contributed by atoms with Crippen LogP contribution in [-0.4, -0.2) is 10.9 Å². The van der Waals surface area contributed by atoms with Crippen LogP contribution in [0.2, 0.25) is 0 Å². The van der Waals surface area contributed by atoms with E-state index in [-0.39, 0.29) is 11.5 Å². The van der Waals surface area contributed by atoms with Gasteiger partial charge in [0.25, 0.3) is 0 Å². The molecule has 2 aromatic heterocycles. The van der Waals surface area contributed by atoms with E-state index < -0.39 is 0 Å². The van der Waals surface area contributed by atoms with E-state index in [4.69, 9.17) is 0 Å². The third-order valence-corrected chi connectivity index (χ3v) is 4.36. The molecule has 1 aromatic carbocycles. The summed E-state index contributed by atoms with van der Waals surface area (Å²) in [4.78, 5) is 27.5. The summed E-state index contributed by atoms with van der Waals surface area (Å²) >= 11 is 1.57. The molecular weight excluding hydrogens is 308 g/mol. The Morgan fingerprint density at radius 1 is 1.30 bits per heavy atom. The lowest BCUT2D eigenvalue weighted by Crippen LogP contribution is -2.09. The Morgan fingerprint density at radius 3 is 2.91 bits per heavy atom. The van der Waals surface area contributed by atoms with E-state index in [2.05, 4.69) is 10.3 Å². The molecule has 1 amide bonds. The van der Waals surface area contributed by atoms with Gasteiger partial charge in [-0.1, -0.05) is 19.1 Å². The van der Waals surface area contributed by atoms with Crippen molar-refractivity contribution >= 4 is 39.9 Å². The molecule has 4 nitrogen and oxygen atoms in total. The van der Waals surface area contributed by atoms with Gasteiger partial charge in [0.15, 0.2) is 0 Å². The topological polar surface area (TPSA) is 62.0 Å². The van der Waals surface area contributed by atoms with Crippen molar-refractivity contribution in [3.05, 3.63) is 68.6 Å². The number of fused-ring (bicyclic) bond motifs is 1. The molecule has 0 aliphatic carbocycles. The molecule has 5 heteroatoms. The largest absolute Gasteiger partial charge is 0.322 e. The standard InChI is InChI=1S/C18H16N2O2S/c1-2-12-10-18(22)20-16-11-13(5-7-15(12)16)19-17(21)8-6-14-4-3-9-23-14/h3-11H,2H2,1H3,(H,19,21)(H,20,22)/b8-6-. The van der Waals surface area contributed by atoms with Gasteiger partial charge in [-0.05, 0) is 41.6 Å². The van der Waals surface area contributed by atoms with E-state index >= 15 is 0 Å². The predicted molar refractivity (Wildman–Crippen MR) is 95.9 cm³/mol. The summed E-state index contributed by atoms with van der Waals surface area (Å²) in [6, 6.07) is 11.0. The molecule has 0 aliphatic heterocycles. The van der Waals surface area contributed by atoms with Crippen LogP contribution in [0.1, 0.15) is 17.4 Å². The van der Waals surface area contributed by atoms with Crippen LogP contribution in [0, 0.1) is 0 Å². The van der Waals surface area contributed by atoms with Crippen LogP contribution in [-0.2, 0) is 11.2 Å². The third-order valence-electron chi connectivity index (χ3n) is 3.52. The fraction of sp³-hybridized carbons (Fsp3) is 0.111. The van der Waals surface area contributed by atoms with Crippen LogP contribution in [0.15, 0.2) is 52.6 Å². The fourth-order valence-corrected chi connectivity index (χ4v) is 3.05. The van der Waals surface area contributed by atoms with Crippen molar-refractivity contribution in [3.8, 4) is 0 Å². The Morgan fingerprint density at radius 2 is 2.17 bits per heavy atom. The average Bonchev–Trinajstić information content (AvgIpc) is 3.05. The van der Waals surface area contributed by atoms with Gasteiger partial charge in [0.1, 0.15) is 0 Å². The van der Waals surface area contributed by atoms with Crippen molar-refractivity contribution in [2.24, 2.45) is 0 Å². The normalized spacial score (nSPS) is 11.2. The van der Waals surface area contributed by atoms with Gasteiger partial charge in [0.2, 0.25) is 11.5 Å². The smallest absolute Gasteiger partial charge is 0.248 e. The van der Waals surface area contributed by atoms with Crippen molar-refractivity contribution in [1.29, 1.82) is 0 Å². The van der Waals surface area contributed by atoms with Crippen molar-refractivity contribution < 1.29 is 4.79 Å². The van der Waals surface area contributed by atoms with Gasteiger partial charge in [-0.3, -0.25) is 9.59 Å². The van der Waals surface area contributed by atoms with Gasteiger partial charge >= 0.3 is 0 Å². The summed E-state index contributed by atoms with van der Waals surface area (Å²) in [5, 5.41) is 5.77. The van der Waals surface area contributed by atoms with E-state index in [0.717, 1.165) is 27.8 Å². The number of thiophene rings is 1. The third kappa shape index (κ3) is 3.57. The molecule has 0 atom stereocenters. The van der Waals surface area contributed by atoms with E-state index in [1.807, 2.05) is 36.6 Å². The summed E-state index contributed by atoms with van der Waals surface area (Å²) in [6.07, 6.45) is 4.06. The zero-order chi connectivity index (χ0) is 16.2. The molecule has 0 fully saturated rings. The van der Waals surface area contributed by atoms with Gasteiger partial charge in [-0.2, -0.15) is 0 Å². The maximum atomic E-state index is 12.0. The van der Waals surface area contributed by atoms with E-state index in [1.54, 1.807) is 29.5 Å². The van der Waals surface area contributed by atoms with Crippen LogP contribution in [0.3, 0.4) is 0 Å². The predicted octanol–water partition coefficient (Wildman–Crippen LogP) is 3.80. The minimum Gasteiger partial charge on any atom is -0.322 e. The molecular formula is C18H16N2O2S. The molecule has 3 rings (SSSR count). The molecule has 23 heavy (non-hydrogen) atoms. The second-order valence-corrected chi connectivity index (χ2v) is 6.09. The number of amides is 1. The first-order valence-electron chi connectivity index (χ1n) is 7.34. The monoisotopic (exact) mass is 324 g/mol. The number of pyridine rings is 1. The number of rotatable bonds is 4. The number of nitrogens with one attached hydrogen (secondary N) is 2. The Labute approximate surface area is 137 Å². The number of carbonyl (C=O) groups excluding carboxylic acids is 1. The zero-order valence-electron chi connectivity index (χ0n) is 12.6. The van der Waals surface area contributed by atoms with Gasteiger partial charge in [0.05, 0.1) is 5.52 Å². The fourth-order valence-electron chi connectivity index (χ4n) is 2.43. The first kappa shape index (κ1) is 15.2. The SMILES string of the molecule is CCc1cc(=O)[nH]c2cc(NC(=O)/C=C\c3cccs3)ccc12. The summed E-state index contributed by atoms with van der Waals surface area (Å²) < 4.78 is 0. The van der Waals surface area contributed by atoms with E-state index in [0.29, 0.717) is 5.69 Å². The van der Waals surface area contributed by atoms with Crippen LogP contribution >= 0.6 is 11.3 Å². The highest BCUT2D eigenvalue weighted by molar-refractivity contribution is 7.10.